The summed E-state index contributed by atoms with van der Waals surface area (Å²) in [6.45, 7) is 3.84. The highest BCUT2D eigenvalue weighted by Crippen LogP contribution is 2.32. The highest BCUT2D eigenvalue weighted by Gasteiger charge is 2.46. The van der Waals surface area contributed by atoms with E-state index >= 15 is 0 Å². The number of carbonyl (C=O) groups excluding carboxylic acids is 3. The number of rotatable bonds is 6. The first-order valence-corrected chi connectivity index (χ1v) is 10.5. The molecule has 1 fully saturated rings. The van der Waals surface area contributed by atoms with Gasteiger partial charge < -0.3 is 10.2 Å². The summed E-state index contributed by atoms with van der Waals surface area (Å²) in [5.74, 6) is -0.808. The molecule has 1 saturated heterocycles. The maximum atomic E-state index is 13.3. The van der Waals surface area contributed by atoms with E-state index in [-0.39, 0.29) is 13.1 Å². The third kappa shape index (κ3) is 4.54. The van der Waals surface area contributed by atoms with E-state index in [0.29, 0.717) is 5.69 Å². The smallest absolute Gasteiger partial charge is 0.325 e. The zero-order valence-corrected chi connectivity index (χ0v) is 18.1. The van der Waals surface area contributed by atoms with Crippen molar-refractivity contribution in [2.75, 3.05) is 11.9 Å². The maximum Gasteiger partial charge on any atom is 0.328 e. The topological polar surface area (TPSA) is 69.7 Å². The summed E-state index contributed by atoms with van der Waals surface area (Å²) in [7, 11) is 0. The number of nitrogens with one attached hydrogen (secondary N) is 1. The Hall–Kier alpha value is -3.93. The van der Waals surface area contributed by atoms with E-state index in [1.165, 1.54) is 4.90 Å². The fraction of sp³-hybridized carbons (Fsp3) is 0.192. The van der Waals surface area contributed by atoms with Crippen LogP contribution in [-0.4, -0.2) is 34.2 Å². The molecule has 1 aliphatic heterocycles. The van der Waals surface area contributed by atoms with Crippen molar-refractivity contribution in [2.24, 2.45) is 0 Å². The molecule has 1 unspecified atom stereocenters. The summed E-state index contributed by atoms with van der Waals surface area (Å²) in [6, 6.07) is 23.2. The number of anilines is 1. The van der Waals surface area contributed by atoms with E-state index in [1.54, 1.807) is 0 Å². The molecule has 4 rings (SSSR count). The van der Waals surface area contributed by atoms with Crippen LogP contribution in [0.5, 0.6) is 0 Å². The summed E-state index contributed by atoms with van der Waals surface area (Å²) in [4.78, 5) is 41.8. The van der Waals surface area contributed by atoms with Crippen LogP contribution in [0.25, 0.3) is 0 Å². The van der Waals surface area contributed by atoms with Gasteiger partial charge in [-0.05, 0) is 48.2 Å². The second-order valence-electron chi connectivity index (χ2n) is 8.06. The normalized spacial score (nSPS) is 15.9. The molecule has 0 aromatic heterocycles. The first-order chi connectivity index (χ1) is 15.4. The minimum Gasteiger partial charge on any atom is -0.325 e. The van der Waals surface area contributed by atoms with E-state index in [2.05, 4.69) is 5.32 Å². The van der Waals surface area contributed by atoms with E-state index in [4.69, 9.17) is 0 Å². The first kappa shape index (κ1) is 21.3. The predicted molar refractivity (Wildman–Crippen MR) is 123 cm³/mol. The molecule has 0 spiro atoms. The van der Waals surface area contributed by atoms with Gasteiger partial charge in [-0.15, -0.1) is 0 Å². The van der Waals surface area contributed by atoms with E-state index in [0.717, 1.165) is 27.2 Å². The predicted octanol–water partition coefficient (Wildman–Crippen LogP) is 4.45. The van der Waals surface area contributed by atoms with Crippen LogP contribution >= 0.6 is 0 Å². The largest absolute Gasteiger partial charge is 0.328 e. The number of nitrogens with zero attached hydrogens (tertiary/aromatic N) is 2. The third-order valence-corrected chi connectivity index (χ3v) is 5.41. The third-order valence-electron chi connectivity index (χ3n) is 5.41. The van der Waals surface area contributed by atoms with Gasteiger partial charge in [-0.1, -0.05) is 66.7 Å². The lowest BCUT2D eigenvalue weighted by Gasteiger charge is -2.22. The lowest BCUT2D eigenvalue weighted by atomic mass is 10.1. The Morgan fingerprint density at radius 3 is 2.09 bits per heavy atom. The van der Waals surface area contributed by atoms with Gasteiger partial charge in [-0.2, -0.15) is 0 Å². The summed E-state index contributed by atoms with van der Waals surface area (Å²) < 4.78 is 0. The highest BCUT2D eigenvalue weighted by molar-refractivity contribution is 6.08. The Balaban J connectivity index is 1.57. The van der Waals surface area contributed by atoms with E-state index < -0.39 is 23.9 Å². The van der Waals surface area contributed by atoms with Crippen LogP contribution in [0.4, 0.5) is 10.5 Å². The number of benzene rings is 3. The zero-order valence-electron chi connectivity index (χ0n) is 18.1. The van der Waals surface area contributed by atoms with Crippen LogP contribution < -0.4 is 5.32 Å². The molecule has 1 N–H and O–H groups in total. The fourth-order valence-corrected chi connectivity index (χ4v) is 4.07. The van der Waals surface area contributed by atoms with Crippen molar-refractivity contribution in [1.29, 1.82) is 0 Å². The van der Waals surface area contributed by atoms with Crippen molar-refractivity contribution in [3.05, 3.63) is 101 Å². The molecule has 1 heterocycles. The molecule has 0 bridgehead atoms. The standard InChI is InChI=1S/C26H25N3O3/c1-18-13-19(2)15-22(14-18)27-23(30)17-29-25(31)24(21-11-7-4-8-12-21)28(26(29)32)16-20-9-5-3-6-10-20/h3-15,24H,16-17H2,1-2H3,(H,27,30). The Morgan fingerprint density at radius 1 is 0.875 bits per heavy atom. The average Bonchev–Trinajstić information content (AvgIpc) is 2.98. The molecule has 1 aliphatic rings. The fourth-order valence-electron chi connectivity index (χ4n) is 4.07. The molecule has 1 atom stereocenters. The van der Waals surface area contributed by atoms with Gasteiger partial charge in [0.25, 0.3) is 5.91 Å². The molecule has 6 heteroatoms. The Kier molecular flexibility index (Phi) is 6.03. The van der Waals surface area contributed by atoms with Crippen LogP contribution in [-0.2, 0) is 16.1 Å². The Morgan fingerprint density at radius 2 is 1.47 bits per heavy atom. The van der Waals surface area contributed by atoms with Gasteiger partial charge in [-0.25, -0.2) is 4.79 Å². The lowest BCUT2D eigenvalue weighted by molar-refractivity contribution is -0.131. The summed E-state index contributed by atoms with van der Waals surface area (Å²) in [5, 5.41) is 2.81. The van der Waals surface area contributed by atoms with Gasteiger partial charge in [0.15, 0.2) is 0 Å². The average molecular weight is 428 g/mol. The van der Waals surface area contributed by atoms with Crippen LogP contribution in [0, 0.1) is 13.8 Å². The number of aryl methyl sites for hydroxylation is 2. The van der Waals surface area contributed by atoms with Crippen LogP contribution in [0.3, 0.4) is 0 Å². The zero-order chi connectivity index (χ0) is 22.7. The highest BCUT2D eigenvalue weighted by atomic mass is 16.2. The van der Waals surface area contributed by atoms with Crippen molar-refractivity contribution in [1.82, 2.24) is 9.80 Å². The number of carbonyl (C=O) groups is 3. The van der Waals surface area contributed by atoms with Crippen molar-refractivity contribution >= 4 is 23.5 Å². The quantitative estimate of drug-likeness (QED) is 0.591. The second-order valence-corrected chi connectivity index (χ2v) is 8.06. The molecule has 4 amide bonds. The van der Waals surface area contributed by atoms with Crippen molar-refractivity contribution in [3.63, 3.8) is 0 Å². The summed E-state index contributed by atoms with van der Waals surface area (Å²) in [5.41, 5.74) is 4.32. The number of imide groups is 1. The maximum absolute atomic E-state index is 13.3. The van der Waals surface area contributed by atoms with Gasteiger partial charge in [-0.3, -0.25) is 14.5 Å². The monoisotopic (exact) mass is 427 g/mol. The minimum absolute atomic E-state index is 0.278. The van der Waals surface area contributed by atoms with Crippen molar-refractivity contribution in [3.8, 4) is 0 Å². The number of hydrogen-bond donors (Lipinski definition) is 1. The summed E-state index contributed by atoms with van der Waals surface area (Å²) in [6.07, 6.45) is 0. The van der Waals surface area contributed by atoms with E-state index in [1.807, 2.05) is 92.7 Å². The van der Waals surface area contributed by atoms with Crippen LogP contribution in [0.2, 0.25) is 0 Å². The molecule has 3 aromatic rings. The number of amides is 4. The molecular weight excluding hydrogens is 402 g/mol. The Labute approximate surface area is 187 Å². The van der Waals surface area contributed by atoms with Crippen molar-refractivity contribution in [2.45, 2.75) is 26.4 Å². The number of hydrogen-bond acceptors (Lipinski definition) is 3. The minimum atomic E-state index is -0.766. The first-order valence-electron chi connectivity index (χ1n) is 10.5. The molecule has 0 aliphatic carbocycles. The van der Waals surface area contributed by atoms with E-state index in [9.17, 15) is 14.4 Å². The van der Waals surface area contributed by atoms with Crippen LogP contribution in [0.15, 0.2) is 78.9 Å². The molecule has 162 valence electrons. The molecule has 32 heavy (non-hydrogen) atoms. The molecular formula is C26H25N3O3. The molecule has 6 nitrogen and oxygen atoms in total. The van der Waals surface area contributed by atoms with Gasteiger partial charge >= 0.3 is 6.03 Å². The molecule has 0 radical (unpaired) electrons. The lowest BCUT2D eigenvalue weighted by Crippen LogP contribution is -2.38. The van der Waals surface area contributed by atoms with Crippen molar-refractivity contribution < 1.29 is 14.4 Å². The number of urea groups is 1. The summed E-state index contributed by atoms with van der Waals surface area (Å²) >= 11 is 0. The van der Waals surface area contributed by atoms with Crippen LogP contribution in [0.1, 0.15) is 28.3 Å². The second kappa shape index (κ2) is 9.06. The van der Waals surface area contributed by atoms with Gasteiger partial charge in [0.05, 0.1) is 0 Å². The molecule has 3 aromatic carbocycles. The SMILES string of the molecule is Cc1cc(C)cc(NC(=O)CN2C(=O)C(c3ccccc3)N(Cc3ccccc3)C2=O)c1. The molecule has 0 saturated carbocycles. The van der Waals surface area contributed by atoms with Gasteiger partial charge in [0.1, 0.15) is 12.6 Å². The van der Waals surface area contributed by atoms with Gasteiger partial charge in [0.2, 0.25) is 5.91 Å². The van der Waals surface area contributed by atoms with Gasteiger partial charge in [0, 0.05) is 12.2 Å². The Bertz CT molecular complexity index is 1130.